The van der Waals surface area contributed by atoms with Gasteiger partial charge in [-0.3, -0.25) is 14.6 Å². The maximum atomic E-state index is 13.5. The molecule has 3 aromatic rings. The maximum Gasteiger partial charge on any atom is 0.229 e. The van der Waals surface area contributed by atoms with Gasteiger partial charge in [-0.2, -0.15) is 0 Å². The average Bonchev–Trinajstić information content (AvgIpc) is 3.97. The number of aromatic nitrogens is 2. The molecule has 8 heteroatoms. The topological polar surface area (TPSA) is 128 Å². The summed E-state index contributed by atoms with van der Waals surface area (Å²) in [6, 6.07) is 17.0. The first-order chi connectivity index (χ1) is 24.5. The third-order valence-corrected chi connectivity index (χ3v) is 13.9. The molecule has 1 amide bonds. The maximum absolute atomic E-state index is 13.5. The molecule has 0 spiro atoms. The normalized spacial score (nSPS) is 22.8. The molecule has 1 aliphatic heterocycles. The Labute approximate surface area is 307 Å². The first-order valence-corrected chi connectivity index (χ1v) is 19.3. The van der Waals surface area contributed by atoms with Crippen LogP contribution in [0.25, 0.3) is 28.0 Å². The molecule has 274 valence electrons. The Hall–Kier alpha value is -3.88. The van der Waals surface area contributed by atoms with Gasteiger partial charge in [-0.15, -0.1) is 0 Å². The molecule has 4 N–H and O–H groups in total. The first-order valence-electron chi connectivity index (χ1n) is 19.3. The number of carbonyl (C=O) groups is 2. The summed E-state index contributed by atoms with van der Waals surface area (Å²) in [4.78, 5) is 40.2. The largest absolute Gasteiger partial charge is 0.389 e. The van der Waals surface area contributed by atoms with Crippen LogP contribution in [0.2, 0.25) is 0 Å². The highest BCUT2D eigenvalue weighted by atomic mass is 16.3. The van der Waals surface area contributed by atoms with Crippen molar-refractivity contribution in [3.05, 3.63) is 72.3 Å². The quantitative estimate of drug-likeness (QED) is 0.135. The number of ketones is 1. The zero-order valence-electron chi connectivity index (χ0n) is 31.6. The second-order valence-electron chi connectivity index (χ2n) is 18.5. The van der Waals surface area contributed by atoms with Crippen molar-refractivity contribution in [2.75, 3.05) is 0 Å². The molecule has 2 atom stereocenters. The Bertz CT molecular complexity index is 1950. The molecule has 2 heterocycles. The predicted octanol–water partition coefficient (Wildman–Crippen LogP) is 8.16. The molecule has 4 saturated carbocycles. The van der Waals surface area contributed by atoms with Crippen molar-refractivity contribution in [1.82, 2.24) is 15.3 Å². The number of aliphatic hydroxyl groups is 2. The van der Waals surface area contributed by atoms with E-state index in [9.17, 15) is 19.8 Å². The summed E-state index contributed by atoms with van der Waals surface area (Å²) in [5.41, 5.74) is 4.21. The molecular formula is C44H54N4O4. The Kier molecular flexibility index (Phi) is 7.99. The zero-order valence-corrected chi connectivity index (χ0v) is 31.6. The van der Waals surface area contributed by atoms with Crippen LogP contribution in [0.15, 0.2) is 65.9 Å². The van der Waals surface area contributed by atoms with Gasteiger partial charge >= 0.3 is 0 Å². The Morgan fingerprint density at radius 1 is 0.769 bits per heavy atom. The zero-order chi connectivity index (χ0) is 36.9. The van der Waals surface area contributed by atoms with Gasteiger partial charge in [-0.05, 0) is 118 Å². The molecule has 0 saturated heterocycles. The monoisotopic (exact) mass is 702 g/mol. The number of aromatic amines is 1. The Balaban J connectivity index is 0.918. The molecule has 0 radical (unpaired) electrons. The highest BCUT2D eigenvalue weighted by Crippen LogP contribution is 2.61. The molecule has 8 rings (SSSR count). The van der Waals surface area contributed by atoms with Gasteiger partial charge in [0.15, 0.2) is 0 Å². The number of H-pyrrole nitrogens is 1. The highest BCUT2D eigenvalue weighted by Gasteiger charge is 2.62. The summed E-state index contributed by atoms with van der Waals surface area (Å²) in [5.74, 6) is 0.996. The molecular weight excluding hydrogens is 649 g/mol. The van der Waals surface area contributed by atoms with Crippen LogP contribution in [0.4, 0.5) is 0 Å². The average molecular weight is 703 g/mol. The van der Waals surface area contributed by atoms with Crippen molar-refractivity contribution in [3.8, 4) is 22.4 Å². The summed E-state index contributed by atoms with van der Waals surface area (Å²) in [7, 11) is 0. The molecule has 5 aliphatic rings. The molecule has 2 aromatic carbocycles. The van der Waals surface area contributed by atoms with Crippen molar-refractivity contribution in [2.24, 2.45) is 26.7 Å². The van der Waals surface area contributed by atoms with E-state index in [1.54, 1.807) is 27.7 Å². The Morgan fingerprint density at radius 2 is 1.29 bits per heavy atom. The van der Waals surface area contributed by atoms with Gasteiger partial charge < -0.3 is 20.5 Å². The van der Waals surface area contributed by atoms with E-state index in [0.717, 1.165) is 96.4 Å². The van der Waals surface area contributed by atoms with E-state index in [-0.39, 0.29) is 34.5 Å². The second kappa shape index (κ2) is 11.8. The van der Waals surface area contributed by atoms with Gasteiger partial charge in [-0.1, -0.05) is 62.4 Å². The molecule has 4 fully saturated rings. The van der Waals surface area contributed by atoms with Crippen LogP contribution in [0, 0.1) is 21.7 Å². The van der Waals surface area contributed by atoms with Crippen LogP contribution >= 0.6 is 0 Å². The number of Topliss-reactive ketones (excluding diaryl/α,β-unsaturated/α-hetero) is 1. The number of benzene rings is 2. The van der Waals surface area contributed by atoms with Crippen LogP contribution in [-0.4, -0.2) is 54.8 Å². The summed E-state index contributed by atoms with van der Waals surface area (Å²) in [6.07, 6.45) is 12.2. The number of rotatable bonds is 14. The number of nitrogens with zero attached hydrogens (tertiary/aromatic N) is 2. The van der Waals surface area contributed by atoms with E-state index in [4.69, 9.17) is 9.98 Å². The van der Waals surface area contributed by atoms with Crippen molar-refractivity contribution in [1.29, 1.82) is 0 Å². The smallest absolute Gasteiger partial charge is 0.229 e. The molecule has 4 aliphatic carbocycles. The first kappa shape index (κ1) is 35.2. The molecule has 8 nitrogen and oxygen atoms in total. The summed E-state index contributed by atoms with van der Waals surface area (Å²) >= 11 is 0. The number of allylic oxidation sites excluding steroid dienone is 1. The van der Waals surface area contributed by atoms with Crippen LogP contribution in [0.5, 0.6) is 0 Å². The number of carbonyl (C=O) groups excluding carboxylic acids is 2. The van der Waals surface area contributed by atoms with Crippen molar-refractivity contribution in [2.45, 2.75) is 129 Å². The van der Waals surface area contributed by atoms with Gasteiger partial charge in [0.2, 0.25) is 5.91 Å². The lowest BCUT2D eigenvalue weighted by molar-refractivity contribution is -0.136. The molecule has 1 aromatic heterocycles. The number of imidazole rings is 1. The second-order valence-corrected chi connectivity index (χ2v) is 18.5. The van der Waals surface area contributed by atoms with Crippen LogP contribution in [0.3, 0.4) is 0 Å². The fraction of sp³-hybridized carbons (Fsp3) is 0.545. The number of amides is 1. The molecule has 0 unspecified atom stereocenters. The van der Waals surface area contributed by atoms with Gasteiger partial charge in [0.05, 0.1) is 40.0 Å². The third-order valence-electron chi connectivity index (χ3n) is 13.9. The number of nitrogens with one attached hydrogen (secondary N) is 2. The number of hydrogen-bond donors (Lipinski definition) is 4. The summed E-state index contributed by atoms with van der Waals surface area (Å²) in [6.45, 7) is 11.5. The molecule has 0 bridgehead atoms. The van der Waals surface area contributed by atoms with Gasteiger partial charge in [0.1, 0.15) is 11.6 Å². The lowest BCUT2D eigenvalue weighted by Crippen LogP contribution is -2.53. The fourth-order valence-electron chi connectivity index (χ4n) is 8.79. The highest BCUT2D eigenvalue weighted by molar-refractivity contribution is 6.04. The van der Waals surface area contributed by atoms with E-state index < -0.39 is 22.0 Å². The minimum atomic E-state index is -1.04. The predicted molar refractivity (Wildman–Crippen MR) is 204 cm³/mol. The van der Waals surface area contributed by atoms with E-state index in [0.29, 0.717) is 12.8 Å². The third kappa shape index (κ3) is 6.09. The summed E-state index contributed by atoms with van der Waals surface area (Å²) in [5, 5.41) is 24.8. The van der Waals surface area contributed by atoms with Crippen LogP contribution < -0.4 is 5.32 Å². The van der Waals surface area contributed by atoms with Crippen molar-refractivity contribution in [3.63, 3.8) is 0 Å². The van der Waals surface area contributed by atoms with Gasteiger partial charge in [0.25, 0.3) is 0 Å². The number of aliphatic imine (C=N–C) groups is 1. The van der Waals surface area contributed by atoms with E-state index in [1.807, 2.05) is 12.4 Å². The standard InChI is InChI=1S/C44H54N4O4/c1-39(2,51)43(19-20-43)35(49)24-32(41(5)15-16-41)37-46-26-34(47-37)30-13-11-28(12-14-30)27-7-9-29(10-8-27)31-23-33(45-25-31)36(42(6)17-18-42)48-38(50)44(21-22-44)40(3,4)52/h7-14,25-26,32,36,51-52H,15-24H2,1-6H3,(H,46,47)(H,48,50)/t32-,36-/m1/s1. The Morgan fingerprint density at radius 3 is 1.79 bits per heavy atom. The SMILES string of the molecule is CC1([C@H](NC(=O)C2(C(C)(C)O)CC2)C2=NC=C(c3ccc(-c4ccc(-c5cnc([C@@H](CC(=O)C6(C(C)(C)O)CC6)C6(C)CC6)[nH]5)cc4)cc3)C2)CC1. The van der Waals surface area contributed by atoms with Crippen LogP contribution in [-0.2, 0) is 9.59 Å². The van der Waals surface area contributed by atoms with Crippen LogP contribution in [0.1, 0.15) is 123 Å². The van der Waals surface area contributed by atoms with E-state index in [1.165, 1.54) is 0 Å². The minimum absolute atomic E-state index is 0.00854. The minimum Gasteiger partial charge on any atom is -0.389 e. The summed E-state index contributed by atoms with van der Waals surface area (Å²) < 4.78 is 0. The van der Waals surface area contributed by atoms with Gasteiger partial charge in [-0.25, -0.2) is 4.98 Å². The lowest BCUT2D eigenvalue weighted by Gasteiger charge is -2.32. The van der Waals surface area contributed by atoms with E-state index >= 15 is 0 Å². The van der Waals surface area contributed by atoms with E-state index in [2.05, 4.69) is 72.7 Å². The molecule has 52 heavy (non-hydrogen) atoms. The van der Waals surface area contributed by atoms with Crippen molar-refractivity contribution < 1.29 is 19.8 Å². The fourth-order valence-corrected chi connectivity index (χ4v) is 8.79. The van der Waals surface area contributed by atoms with Gasteiger partial charge in [0, 0.05) is 30.7 Å². The lowest BCUT2D eigenvalue weighted by atomic mass is 9.77. The van der Waals surface area contributed by atoms with Crippen molar-refractivity contribution >= 4 is 23.0 Å². The number of hydrogen-bond acceptors (Lipinski definition) is 6.